The normalized spacial score (nSPS) is 10.6. The molecule has 0 saturated carbocycles. The minimum absolute atomic E-state index is 0.755. The predicted octanol–water partition coefficient (Wildman–Crippen LogP) is 3.60. The molecule has 0 bridgehead atoms. The Labute approximate surface area is 100.0 Å². The predicted molar refractivity (Wildman–Crippen MR) is 67.1 cm³/mol. The molecule has 3 heteroatoms. The second-order valence-electron chi connectivity index (χ2n) is 3.73. The first-order chi connectivity index (χ1) is 8.28. The highest BCUT2D eigenvalue weighted by Crippen LogP contribution is 2.22. The van der Waals surface area contributed by atoms with E-state index in [1.807, 2.05) is 55.5 Å². The summed E-state index contributed by atoms with van der Waals surface area (Å²) in [5.41, 5.74) is 1.98. The zero-order valence-corrected chi connectivity index (χ0v) is 9.50. The number of hydrogen-bond acceptors (Lipinski definition) is 3. The molecular weight excluding hydrogens is 214 g/mol. The minimum atomic E-state index is 0.755. The van der Waals surface area contributed by atoms with Gasteiger partial charge < -0.3 is 9.94 Å². The lowest BCUT2D eigenvalue weighted by Crippen LogP contribution is -1.86. The van der Waals surface area contributed by atoms with Crippen molar-refractivity contribution < 1.29 is 9.94 Å². The summed E-state index contributed by atoms with van der Waals surface area (Å²) in [6.07, 6.45) is 1.37. The topological polar surface area (TPSA) is 41.8 Å². The summed E-state index contributed by atoms with van der Waals surface area (Å²) in [6.45, 7) is 2.02. The zero-order valence-electron chi connectivity index (χ0n) is 9.50. The van der Waals surface area contributed by atoms with Gasteiger partial charge in [-0.2, -0.15) is 0 Å². The minimum Gasteiger partial charge on any atom is -0.457 e. The van der Waals surface area contributed by atoms with Crippen LogP contribution < -0.4 is 4.74 Å². The molecule has 86 valence electrons. The van der Waals surface area contributed by atoms with Crippen LogP contribution in [0.15, 0.2) is 53.7 Å². The van der Waals surface area contributed by atoms with Crippen LogP contribution in [0.4, 0.5) is 0 Å². The van der Waals surface area contributed by atoms with Crippen LogP contribution in [0.5, 0.6) is 11.5 Å². The summed E-state index contributed by atoms with van der Waals surface area (Å²) in [6, 6.07) is 15.2. The van der Waals surface area contributed by atoms with Gasteiger partial charge in [0, 0.05) is 0 Å². The van der Waals surface area contributed by atoms with Crippen LogP contribution >= 0.6 is 0 Å². The number of benzene rings is 2. The molecule has 17 heavy (non-hydrogen) atoms. The average molecular weight is 227 g/mol. The first-order valence-corrected chi connectivity index (χ1v) is 5.30. The number of oxime groups is 1. The molecule has 0 heterocycles. The highest BCUT2D eigenvalue weighted by atomic mass is 16.5. The van der Waals surface area contributed by atoms with Gasteiger partial charge in [0.05, 0.1) is 6.21 Å². The van der Waals surface area contributed by atoms with E-state index in [0.29, 0.717) is 0 Å². The van der Waals surface area contributed by atoms with Gasteiger partial charge in [0.25, 0.3) is 0 Å². The Morgan fingerprint density at radius 2 is 1.82 bits per heavy atom. The highest BCUT2D eigenvalue weighted by molar-refractivity contribution is 5.79. The van der Waals surface area contributed by atoms with Crippen molar-refractivity contribution in [3.8, 4) is 11.5 Å². The lowest BCUT2D eigenvalue weighted by atomic mass is 10.2. The first kappa shape index (κ1) is 11.2. The Hall–Kier alpha value is -2.29. The molecule has 0 aliphatic carbocycles. The van der Waals surface area contributed by atoms with Crippen LogP contribution in [-0.4, -0.2) is 11.4 Å². The van der Waals surface area contributed by atoms with E-state index < -0.39 is 0 Å². The van der Waals surface area contributed by atoms with E-state index in [9.17, 15) is 0 Å². The molecule has 0 aromatic heterocycles. The third-order valence-electron chi connectivity index (χ3n) is 2.31. The monoisotopic (exact) mass is 227 g/mol. The van der Waals surface area contributed by atoms with Crippen LogP contribution in [0.3, 0.4) is 0 Å². The van der Waals surface area contributed by atoms with Crippen molar-refractivity contribution in [2.75, 3.05) is 0 Å². The molecule has 0 saturated heterocycles. The summed E-state index contributed by atoms with van der Waals surface area (Å²) in [5, 5.41) is 11.4. The first-order valence-electron chi connectivity index (χ1n) is 5.30. The van der Waals surface area contributed by atoms with Crippen LogP contribution in [0.1, 0.15) is 11.1 Å². The maximum absolute atomic E-state index is 8.39. The Kier molecular flexibility index (Phi) is 3.40. The van der Waals surface area contributed by atoms with Crippen LogP contribution in [0.25, 0.3) is 0 Å². The zero-order chi connectivity index (χ0) is 12.1. The number of rotatable bonds is 3. The van der Waals surface area contributed by atoms with Crippen molar-refractivity contribution in [1.82, 2.24) is 0 Å². The summed E-state index contributed by atoms with van der Waals surface area (Å²) >= 11 is 0. The standard InChI is InChI=1S/C14H13NO2/c1-11-3-2-4-14(9-11)17-13-7-5-12(6-8-13)10-15-16/h2-10,16H,1H3. The lowest BCUT2D eigenvalue weighted by molar-refractivity contribution is 0.322. The molecular formula is C14H13NO2. The molecule has 0 radical (unpaired) electrons. The fraction of sp³-hybridized carbons (Fsp3) is 0.0714. The summed E-state index contributed by atoms with van der Waals surface area (Å²) in [4.78, 5) is 0. The number of hydrogen-bond donors (Lipinski definition) is 1. The summed E-state index contributed by atoms with van der Waals surface area (Å²) in [5.74, 6) is 1.57. The van der Waals surface area contributed by atoms with Gasteiger partial charge in [-0.3, -0.25) is 0 Å². The largest absolute Gasteiger partial charge is 0.457 e. The number of ether oxygens (including phenoxy) is 1. The third kappa shape index (κ3) is 3.08. The second kappa shape index (κ2) is 5.16. The fourth-order valence-corrected chi connectivity index (χ4v) is 1.50. The molecule has 2 aromatic rings. The molecule has 2 aromatic carbocycles. The number of nitrogens with zero attached hydrogens (tertiary/aromatic N) is 1. The van der Waals surface area contributed by atoms with Gasteiger partial charge in [-0.05, 0) is 54.4 Å². The van der Waals surface area contributed by atoms with Gasteiger partial charge in [0.2, 0.25) is 0 Å². The van der Waals surface area contributed by atoms with E-state index >= 15 is 0 Å². The van der Waals surface area contributed by atoms with Crippen molar-refractivity contribution in [2.45, 2.75) is 6.92 Å². The van der Waals surface area contributed by atoms with Crippen molar-refractivity contribution >= 4 is 6.21 Å². The molecule has 0 atom stereocenters. The second-order valence-corrected chi connectivity index (χ2v) is 3.73. The summed E-state index contributed by atoms with van der Waals surface area (Å²) in [7, 11) is 0. The van der Waals surface area contributed by atoms with E-state index in [4.69, 9.17) is 9.94 Å². The molecule has 0 amide bonds. The highest BCUT2D eigenvalue weighted by Gasteiger charge is 1.97. The molecule has 0 spiro atoms. The molecule has 0 aliphatic heterocycles. The Bertz CT molecular complexity index is 518. The maximum Gasteiger partial charge on any atom is 0.127 e. The Balaban J connectivity index is 2.13. The summed E-state index contributed by atoms with van der Waals surface area (Å²) < 4.78 is 5.69. The Morgan fingerprint density at radius 1 is 1.06 bits per heavy atom. The van der Waals surface area contributed by atoms with E-state index in [0.717, 1.165) is 22.6 Å². The van der Waals surface area contributed by atoms with E-state index in [2.05, 4.69) is 5.16 Å². The molecule has 0 fully saturated rings. The van der Waals surface area contributed by atoms with E-state index in [1.54, 1.807) is 0 Å². The van der Waals surface area contributed by atoms with Crippen LogP contribution in [-0.2, 0) is 0 Å². The maximum atomic E-state index is 8.39. The van der Waals surface area contributed by atoms with Crippen molar-refractivity contribution in [3.63, 3.8) is 0 Å². The van der Waals surface area contributed by atoms with Crippen molar-refractivity contribution in [3.05, 3.63) is 59.7 Å². The van der Waals surface area contributed by atoms with Crippen molar-refractivity contribution in [1.29, 1.82) is 0 Å². The smallest absolute Gasteiger partial charge is 0.127 e. The molecule has 2 rings (SSSR count). The van der Waals surface area contributed by atoms with Gasteiger partial charge in [-0.25, -0.2) is 0 Å². The number of aryl methyl sites for hydroxylation is 1. The van der Waals surface area contributed by atoms with Crippen molar-refractivity contribution in [2.24, 2.45) is 5.16 Å². The van der Waals surface area contributed by atoms with Gasteiger partial charge >= 0.3 is 0 Å². The molecule has 1 N–H and O–H groups in total. The van der Waals surface area contributed by atoms with Gasteiger partial charge in [-0.1, -0.05) is 17.3 Å². The van der Waals surface area contributed by atoms with E-state index in [-0.39, 0.29) is 0 Å². The van der Waals surface area contributed by atoms with Gasteiger partial charge in [0.1, 0.15) is 11.5 Å². The van der Waals surface area contributed by atoms with Crippen LogP contribution in [0.2, 0.25) is 0 Å². The fourth-order valence-electron chi connectivity index (χ4n) is 1.50. The average Bonchev–Trinajstić information content (AvgIpc) is 2.32. The Morgan fingerprint density at radius 3 is 2.47 bits per heavy atom. The van der Waals surface area contributed by atoms with Gasteiger partial charge in [0.15, 0.2) is 0 Å². The van der Waals surface area contributed by atoms with E-state index in [1.165, 1.54) is 6.21 Å². The van der Waals surface area contributed by atoms with Gasteiger partial charge in [-0.15, -0.1) is 0 Å². The molecule has 0 aliphatic rings. The lowest BCUT2D eigenvalue weighted by Gasteiger charge is -2.06. The quantitative estimate of drug-likeness (QED) is 0.494. The SMILES string of the molecule is Cc1cccc(Oc2ccc(C=NO)cc2)c1. The molecule has 0 unspecified atom stereocenters. The molecule has 3 nitrogen and oxygen atoms in total. The van der Waals surface area contributed by atoms with Crippen LogP contribution in [0, 0.1) is 6.92 Å². The third-order valence-corrected chi connectivity index (χ3v) is 2.31.